The van der Waals surface area contributed by atoms with Crippen molar-refractivity contribution in [2.24, 2.45) is 0 Å². The highest BCUT2D eigenvalue weighted by Gasteiger charge is 2.14. The molecule has 0 aliphatic carbocycles. The summed E-state index contributed by atoms with van der Waals surface area (Å²) in [6, 6.07) is 8.57. The second kappa shape index (κ2) is 7.13. The van der Waals surface area contributed by atoms with Gasteiger partial charge in [-0.05, 0) is 30.3 Å². The van der Waals surface area contributed by atoms with E-state index in [1.54, 1.807) is 24.1 Å². The van der Waals surface area contributed by atoms with Gasteiger partial charge < -0.3 is 14.4 Å². The fourth-order valence-corrected chi connectivity index (χ4v) is 2.82. The van der Waals surface area contributed by atoms with Gasteiger partial charge in [0.05, 0.1) is 11.4 Å². The molecule has 134 valence electrons. The van der Waals surface area contributed by atoms with Gasteiger partial charge in [0.25, 0.3) is 0 Å². The molecule has 0 unspecified atom stereocenters. The number of benzene rings is 1. The predicted octanol–water partition coefficient (Wildman–Crippen LogP) is 3.56. The number of fused-ring (bicyclic) bond motifs is 1. The highest BCUT2D eigenvalue weighted by Crippen LogP contribution is 2.33. The number of pyridine rings is 1. The minimum Gasteiger partial charge on any atom is -0.481 e. The number of nitrogens with zero attached hydrogens (tertiary/aromatic N) is 2. The molecular formula is C18H14ClFN2O4. The topological polar surface area (TPSA) is 83.6 Å². The predicted molar refractivity (Wildman–Crippen MR) is 96.2 cm³/mol. The summed E-state index contributed by atoms with van der Waals surface area (Å²) >= 11 is 6.11. The third-order valence-electron chi connectivity index (χ3n) is 3.87. The Morgan fingerprint density at radius 2 is 2.04 bits per heavy atom. The Kier molecular flexibility index (Phi) is 4.90. The van der Waals surface area contributed by atoms with Crippen molar-refractivity contribution in [2.45, 2.75) is 6.42 Å². The molecule has 0 amide bonds. The van der Waals surface area contributed by atoms with E-state index in [1.807, 2.05) is 0 Å². The first kappa shape index (κ1) is 17.9. The van der Waals surface area contributed by atoms with E-state index in [1.165, 1.54) is 24.3 Å². The number of carboxylic acids is 1. The first-order chi connectivity index (χ1) is 12.3. The van der Waals surface area contributed by atoms with Gasteiger partial charge in [0.15, 0.2) is 0 Å². The molecule has 6 nitrogen and oxygen atoms in total. The number of halogens is 2. The van der Waals surface area contributed by atoms with E-state index in [0.29, 0.717) is 22.3 Å². The molecule has 3 aromatic rings. The van der Waals surface area contributed by atoms with Crippen LogP contribution < -0.4 is 10.5 Å². The van der Waals surface area contributed by atoms with Crippen LogP contribution in [0.25, 0.3) is 22.2 Å². The van der Waals surface area contributed by atoms with Gasteiger partial charge in [0.2, 0.25) is 5.71 Å². The molecule has 0 radical (unpaired) electrons. The molecule has 1 N–H and O–H groups in total. The van der Waals surface area contributed by atoms with Gasteiger partial charge in [-0.1, -0.05) is 11.6 Å². The molecule has 0 aliphatic heterocycles. The van der Waals surface area contributed by atoms with E-state index in [4.69, 9.17) is 21.1 Å². The molecule has 0 bridgehead atoms. The Morgan fingerprint density at radius 1 is 1.27 bits per heavy atom. The molecule has 0 aliphatic rings. The van der Waals surface area contributed by atoms with Crippen molar-refractivity contribution in [1.82, 2.24) is 4.98 Å². The third kappa shape index (κ3) is 3.67. The number of aromatic nitrogens is 1. The van der Waals surface area contributed by atoms with Crippen LogP contribution in [0.1, 0.15) is 6.42 Å². The Balaban J connectivity index is 2.09. The second-order valence-corrected chi connectivity index (χ2v) is 6.10. The van der Waals surface area contributed by atoms with Crippen molar-refractivity contribution < 1.29 is 18.7 Å². The maximum atomic E-state index is 13.3. The molecule has 2 heterocycles. The number of carbonyl (C=O) groups is 1. The number of hydrogen-bond donors (Lipinski definition) is 1. The molecule has 26 heavy (non-hydrogen) atoms. The lowest BCUT2D eigenvalue weighted by molar-refractivity contribution is -0.136. The van der Waals surface area contributed by atoms with Gasteiger partial charge in [0, 0.05) is 36.2 Å². The monoisotopic (exact) mass is 376 g/mol. The Bertz CT molecular complexity index is 1050. The first-order valence-corrected chi connectivity index (χ1v) is 8.06. The summed E-state index contributed by atoms with van der Waals surface area (Å²) in [5.74, 6) is -0.937. The number of hydrogen-bond acceptors (Lipinski definition) is 5. The normalized spacial score (nSPS) is 10.9. The summed E-state index contributed by atoms with van der Waals surface area (Å²) in [6.45, 7) is 0.252. The summed E-state index contributed by atoms with van der Waals surface area (Å²) in [5, 5.41) is 9.48. The van der Waals surface area contributed by atoms with E-state index >= 15 is 0 Å². The molecule has 1 aromatic carbocycles. The number of aliphatic carboxylic acids is 1. The maximum Gasteiger partial charge on any atom is 0.338 e. The van der Waals surface area contributed by atoms with Gasteiger partial charge in [-0.15, -0.1) is 0 Å². The van der Waals surface area contributed by atoms with Crippen LogP contribution in [0, 0.1) is 5.82 Å². The molecule has 0 saturated heterocycles. The Labute approximate surface area is 152 Å². The number of rotatable bonds is 5. The van der Waals surface area contributed by atoms with Crippen LogP contribution in [-0.4, -0.2) is 29.7 Å². The second-order valence-electron chi connectivity index (χ2n) is 5.69. The van der Waals surface area contributed by atoms with Crippen molar-refractivity contribution in [2.75, 3.05) is 18.5 Å². The van der Waals surface area contributed by atoms with E-state index in [0.717, 1.165) is 0 Å². The first-order valence-electron chi connectivity index (χ1n) is 7.68. The fourth-order valence-electron chi connectivity index (χ4n) is 2.56. The van der Waals surface area contributed by atoms with Crippen molar-refractivity contribution in [1.29, 1.82) is 0 Å². The van der Waals surface area contributed by atoms with Gasteiger partial charge in [-0.3, -0.25) is 4.79 Å². The highest BCUT2D eigenvalue weighted by molar-refractivity contribution is 6.33. The van der Waals surface area contributed by atoms with Crippen LogP contribution >= 0.6 is 11.6 Å². The van der Waals surface area contributed by atoms with Gasteiger partial charge in [0.1, 0.15) is 11.6 Å². The molecule has 3 rings (SSSR count). The lowest BCUT2D eigenvalue weighted by Gasteiger charge is -2.17. The molecule has 0 saturated carbocycles. The maximum absolute atomic E-state index is 13.3. The van der Waals surface area contributed by atoms with Crippen molar-refractivity contribution >= 4 is 34.5 Å². The van der Waals surface area contributed by atoms with E-state index in [9.17, 15) is 14.0 Å². The minimum atomic E-state index is -0.919. The summed E-state index contributed by atoms with van der Waals surface area (Å²) in [6.07, 6.45) is -0.0502. The van der Waals surface area contributed by atoms with E-state index in [2.05, 4.69) is 4.98 Å². The summed E-state index contributed by atoms with van der Waals surface area (Å²) in [7, 11) is 1.69. The van der Waals surface area contributed by atoms with Crippen molar-refractivity contribution in [3.63, 3.8) is 0 Å². The SMILES string of the molecule is CN(CCC(=O)O)c1ccc2c(-c3ccc(F)cc3Cl)cc(=O)oc2n1. The smallest absolute Gasteiger partial charge is 0.338 e. The molecule has 0 spiro atoms. The minimum absolute atomic E-state index is 0.0502. The van der Waals surface area contributed by atoms with Crippen LogP contribution in [0.2, 0.25) is 5.02 Å². The molecular weight excluding hydrogens is 363 g/mol. The number of carboxylic acid groups (broad SMARTS) is 1. The summed E-state index contributed by atoms with van der Waals surface area (Å²) < 4.78 is 18.5. The van der Waals surface area contributed by atoms with Crippen molar-refractivity contribution in [3.8, 4) is 11.1 Å². The van der Waals surface area contributed by atoms with Crippen molar-refractivity contribution in [3.05, 3.63) is 57.7 Å². The van der Waals surface area contributed by atoms with Gasteiger partial charge in [-0.2, -0.15) is 4.98 Å². The number of anilines is 1. The quantitative estimate of drug-likeness (QED) is 0.733. The molecule has 2 aromatic heterocycles. The largest absolute Gasteiger partial charge is 0.481 e. The summed E-state index contributed by atoms with van der Waals surface area (Å²) in [4.78, 5) is 28.6. The summed E-state index contributed by atoms with van der Waals surface area (Å²) in [5.41, 5.74) is 0.437. The van der Waals surface area contributed by atoms with Gasteiger partial charge >= 0.3 is 11.6 Å². The lowest BCUT2D eigenvalue weighted by Crippen LogP contribution is -2.22. The van der Waals surface area contributed by atoms with E-state index in [-0.39, 0.29) is 23.7 Å². The zero-order chi connectivity index (χ0) is 18.8. The molecule has 0 atom stereocenters. The van der Waals surface area contributed by atoms with Gasteiger partial charge in [-0.25, -0.2) is 9.18 Å². The average Bonchev–Trinajstić information content (AvgIpc) is 2.58. The molecule has 0 fully saturated rings. The highest BCUT2D eigenvalue weighted by atomic mass is 35.5. The Morgan fingerprint density at radius 3 is 2.73 bits per heavy atom. The van der Waals surface area contributed by atoms with Crippen LogP contribution in [0.4, 0.5) is 10.2 Å². The fraction of sp³-hybridized carbons (Fsp3) is 0.167. The Hall–Kier alpha value is -2.93. The lowest BCUT2D eigenvalue weighted by atomic mass is 10.0. The van der Waals surface area contributed by atoms with Crippen LogP contribution in [0.3, 0.4) is 0 Å². The van der Waals surface area contributed by atoms with Crippen LogP contribution in [-0.2, 0) is 4.79 Å². The van der Waals surface area contributed by atoms with Crippen LogP contribution in [0.15, 0.2) is 45.6 Å². The zero-order valence-electron chi connectivity index (χ0n) is 13.7. The molecule has 8 heteroatoms. The standard InChI is InChI=1S/C18H14ClFN2O4/c1-22(7-6-16(23)24)15-5-4-12-13(9-17(25)26-18(12)21-15)11-3-2-10(20)8-14(11)19/h2-5,8-9H,6-7H2,1H3,(H,23,24). The van der Waals surface area contributed by atoms with E-state index < -0.39 is 17.4 Å². The average molecular weight is 377 g/mol. The third-order valence-corrected chi connectivity index (χ3v) is 4.18. The van der Waals surface area contributed by atoms with Crippen LogP contribution in [0.5, 0.6) is 0 Å². The zero-order valence-corrected chi connectivity index (χ0v) is 14.5.